The number of benzene rings is 1. The molecule has 0 saturated heterocycles. The van der Waals surface area contributed by atoms with E-state index in [1.807, 2.05) is 24.3 Å². The number of para-hydroxylation sites is 1. The number of ether oxygens (including phenoxy) is 3. The van der Waals surface area contributed by atoms with Crippen LogP contribution >= 0.6 is 0 Å². The van der Waals surface area contributed by atoms with E-state index in [4.69, 9.17) is 14.2 Å². The van der Waals surface area contributed by atoms with Gasteiger partial charge in [0.05, 0.1) is 18.5 Å². The lowest BCUT2D eigenvalue weighted by molar-refractivity contribution is -0.118. The molecule has 1 aromatic carbocycles. The van der Waals surface area contributed by atoms with Crippen molar-refractivity contribution >= 4 is 11.6 Å². The van der Waals surface area contributed by atoms with Gasteiger partial charge in [-0.25, -0.2) is 4.98 Å². The number of hydrogen-bond donors (Lipinski definition) is 1. The van der Waals surface area contributed by atoms with E-state index in [0.29, 0.717) is 24.8 Å². The second-order valence-corrected chi connectivity index (χ2v) is 6.81. The van der Waals surface area contributed by atoms with Gasteiger partial charge in [0.2, 0.25) is 5.88 Å². The zero-order valence-corrected chi connectivity index (χ0v) is 15.7. The summed E-state index contributed by atoms with van der Waals surface area (Å²) < 4.78 is 16.0. The van der Waals surface area contributed by atoms with E-state index in [9.17, 15) is 4.79 Å². The summed E-state index contributed by atoms with van der Waals surface area (Å²) in [7, 11) is 1.61. The van der Waals surface area contributed by atoms with Crippen LogP contribution < -0.4 is 14.8 Å². The van der Waals surface area contributed by atoms with E-state index in [0.717, 1.165) is 11.3 Å². The molecule has 0 radical (unpaired) electrons. The molecule has 0 saturated carbocycles. The number of amides is 1. The van der Waals surface area contributed by atoms with Gasteiger partial charge in [0.25, 0.3) is 5.91 Å². The molecule has 0 aliphatic heterocycles. The number of methoxy groups -OCH3 is 1. The molecule has 1 aromatic heterocycles. The van der Waals surface area contributed by atoms with Crippen LogP contribution in [-0.4, -0.2) is 37.8 Å². The van der Waals surface area contributed by atoms with Gasteiger partial charge in [-0.05, 0) is 23.1 Å². The molecule has 140 valence electrons. The lowest BCUT2D eigenvalue weighted by Crippen LogP contribution is -2.22. The van der Waals surface area contributed by atoms with E-state index in [2.05, 4.69) is 31.1 Å². The van der Waals surface area contributed by atoms with E-state index in [1.54, 1.807) is 25.4 Å². The number of aromatic nitrogens is 1. The highest BCUT2D eigenvalue weighted by atomic mass is 16.5. The van der Waals surface area contributed by atoms with Gasteiger partial charge in [0.1, 0.15) is 12.4 Å². The van der Waals surface area contributed by atoms with Crippen LogP contribution in [0.3, 0.4) is 0 Å². The Kier molecular flexibility index (Phi) is 6.97. The molecule has 26 heavy (non-hydrogen) atoms. The maximum absolute atomic E-state index is 12.1. The van der Waals surface area contributed by atoms with Crippen LogP contribution in [0.1, 0.15) is 26.3 Å². The zero-order valence-electron chi connectivity index (χ0n) is 15.7. The van der Waals surface area contributed by atoms with Crippen molar-refractivity contribution in [3.63, 3.8) is 0 Å². The Bertz CT molecular complexity index is 708. The summed E-state index contributed by atoms with van der Waals surface area (Å²) in [5.74, 6) is 0.953. The van der Waals surface area contributed by atoms with Crippen molar-refractivity contribution in [3.8, 4) is 11.6 Å². The van der Waals surface area contributed by atoms with Crippen molar-refractivity contribution in [3.05, 3.63) is 48.2 Å². The predicted octanol–water partition coefficient (Wildman–Crippen LogP) is 3.42. The number of rotatable bonds is 8. The Labute approximate surface area is 154 Å². The molecule has 0 unspecified atom stereocenters. The van der Waals surface area contributed by atoms with E-state index < -0.39 is 0 Å². The van der Waals surface area contributed by atoms with Crippen molar-refractivity contribution < 1.29 is 19.0 Å². The fraction of sp³-hybridized carbons (Fsp3) is 0.400. The number of hydrogen-bond acceptors (Lipinski definition) is 5. The Morgan fingerprint density at radius 1 is 1.08 bits per heavy atom. The van der Waals surface area contributed by atoms with E-state index >= 15 is 0 Å². The van der Waals surface area contributed by atoms with Gasteiger partial charge in [-0.2, -0.15) is 0 Å². The third kappa shape index (κ3) is 6.04. The molecule has 2 rings (SSSR count). The fourth-order valence-corrected chi connectivity index (χ4v) is 2.32. The van der Waals surface area contributed by atoms with Crippen LogP contribution in [0.2, 0.25) is 0 Å². The minimum atomic E-state index is -0.247. The Hall–Kier alpha value is -2.60. The Balaban J connectivity index is 1.88. The predicted molar refractivity (Wildman–Crippen MR) is 101 cm³/mol. The Morgan fingerprint density at radius 2 is 1.85 bits per heavy atom. The van der Waals surface area contributed by atoms with Gasteiger partial charge in [-0.1, -0.05) is 39.0 Å². The highest BCUT2D eigenvalue weighted by Gasteiger charge is 2.18. The minimum Gasteiger partial charge on any atom is -0.483 e. The van der Waals surface area contributed by atoms with Gasteiger partial charge in [0, 0.05) is 13.2 Å². The first-order valence-electron chi connectivity index (χ1n) is 8.50. The topological polar surface area (TPSA) is 69.7 Å². The molecule has 0 atom stereocenters. The first-order chi connectivity index (χ1) is 12.4. The molecule has 6 nitrogen and oxygen atoms in total. The normalized spacial score (nSPS) is 11.1. The lowest BCUT2D eigenvalue weighted by Gasteiger charge is -2.22. The number of carbonyl (C=O) groups excluding carboxylic acids is 1. The van der Waals surface area contributed by atoms with Gasteiger partial charge >= 0.3 is 0 Å². The van der Waals surface area contributed by atoms with Crippen molar-refractivity contribution in [2.45, 2.75) is 26.2 Å². The molecule has 0 aliphatic carbocycles. The quantitative estimate of drug-likeness (QED) is 0.732. The summed E-state index contributed by atoms with van der Waals surface area (Å²) in [5, 5.41) is 2.76. The molecule has 0 aliphatic rings. The summed E-state index contributed by atoms with van der Waals surface area (Å²) in [6, 6.07) is 11.2. The summed E-state index contributed by atoms with van der Waals surface area (Å²) in [6.07, 6.45) is 1.54. The van der Waals surface area contributed by atoms with Gasteiger partial charge in [-0.15, -0.1) is 0 Å². The average molecular weight is 358 g/mol. The molecular formula is C20H26N2O4. The molecule has 1 amide bonds. The van der Waals surface area contributed by atoms with Crippen molar-refractivity contribution in [2.75, 3.05) is 32.2 Å². The molecule has 2 aromatic rings. The van der Waals surface area contributed by atoms with Crippen molar-refractivity contribution in [1.29, 1.82) is 0 Å². The molecule has 0 fully saturated rings. The SMILES string of the molecule is COCCOc1ccc(NC(=O)COc2ccccc2C(C)(C)C)cn1. The van der Waals surface area contributed by atoms with Crippen LogP contribution in [0.4, 0.5) is 5.69 Å². The molecule has 1 heterocycles. The standard InChI is InChI=1S/C20H26N2O4/c1-20(2,3)16-7-5-6-8-17(16)26-14-18(23)22-15-9-10-19(21-13-15)25-12-11-24-4/h5-10,13H,11-12,14H2,1-4H3,(H,22,23). The number of pyridine rings is 1. The molecule has 6 heteroatoms. The Morgan fingerprint density at radius 3 is 2.50 bits per heavy atom. The summed E-state index contributed by atoms with van der Waals surface area (Å²) in [6.45, 7) is 7.18. The molecule has 0 spiro atoms. The highest BCUT2D eigenvalue weighted by Crippen LogP contribution is 2.30. The number of nitrogens with one attached hydrogen (secondary N) is 1. The van der Waals surface area contributed by atoms with Gasteiger partial charge in [0.15, 0.2) is 6.61 Å². The summed E-state index contributed by atoms with van der Waals surface area (Å²) in [4.78, 5) is 16.3. The third-order valence-electron chi connectivity index (χ3n) is 3.61. The van der Waals surface area contributed by atoms with Crippen LogP contribution in [0, 0.1) is 0 Å². The monoisotopic (exact) mass is 358 g/mol. The van der Waals surface area contributed by atoms with E-state index in [-0.39, 0.29) is 17.9 Å². The molecule has 0 bridgehead atoms. The lowest BCUT2D eigenvalue weighted by atomic mass is 9.86. The first-order valence-corrected chi connectivity index (χ1v) is 8.50. The van der Waals surface area contributed by atoms with Crippen molar-refractivity contribution in [2.24, 2.45) is 0 Å². The first kappa shape index (κ1) is 19.7. The maximum Gasteiger partial charge on any atom is 0.262 e. The van der Waals surface area contributed by atoms with Crippen LogP contribution in [0.15, 0.2) is 42.6 Å². The van der Waals surface area contributed by atoms with Gasteiger partial charge < -0.3 is 19.5 Å². The molecular weight excluding hydrogens is 332 g/mol. The largest absolute Gasteiger partial charge is 0.483 e. The smallest absolute Gasteiger partial charge is 0.262 e. The highest BCUT2D eigenvalue weighted by molar-refractivity contribution is 5.91. The summed E-state index contributed by atoms with van der Waals surface area (Å²) >= 11 is 0. The zero-order chi connectivity index (χ0) is 19.0. The van der Waals surface area contributed by atoms with Gasteiger partial charge in [-0.3, -0.25) is 4.79 Å². The van der Waals surface area contributed by atoms with Crippen LogP contribution in [-0.2, 0) is 14.9 Å². The summed E-state index contributed by atoms with van der Waals surface area (Å²) in [5.41, 5.74) is 1.59. The maximum atomic E-state index is 12.1. The average Bonchev–Trinajstić information content (AvgIpc) is 2.61. The third-order valence-corrected chi connectivity index (χ3v) is 3.61. The number of anilines is 1. The fourth-order valence-electron chi connectivity index (χ4n) is 2.32. The van der Waals surface area contributed by atoms with Crippen LogP contribution in [0.25, 0.3) is 0 Å². The number of carbonyl (C=O) groups is 1. The second-order valence-electron chi connectivity index (χ2n) is 6.81. The van der Waals surface area contributed by atoms with Crippen LogP contribution in [0.5, 0.6) is 11.6 Å². The number of nitrogens with zero attached hydrogens (tertiary/aromatic N) is 1. The second kappa shape index (κ2) is 9.20. The molecule has 1 N–H and O–H groups in total. The van der Waals surface area contributed by atoms with Crippen molar-refractivity contribution in [1.82, 2.24) is 4.98 Å². The minimum absolute atomic E-state index is 0.0599. The van der Waals surface area contributed by atoms with E-state index in [1.165, 1.54) is 0 Å².